The summed E-state index contributed by atoms with van der Waals surface area (Å²) in [6.45, 7) is 0.291. The lowest BCUT2D eigenvalue weighted by atomic mass is 10.0. The van der Waals surface area contributed by atoms with Crippen LogP contribution in [0.15, 0.2) is 78.9 Å². The Labute approximate surface area is 164 Å². The highest BCUT2D eigenvalue weighted by Crippen LogP contribution is 2.19. The van der Waals surface area contributed by atoms with Gasteiger partial charge in [0.1, 0.15) is 6.61 Å². The number of nitrogens with one attached hydrogen (secondary N) is 1. The molecule has 0 aliphatic rings. The summed E-state index contributed by atoms with van der Waals surface area (Å²) in [5.74, 6) is 5.19. The number of carbonyl (C=O) groups excluding carboxylic acids is 1. The van der Waals surface area contributed by atoms with E-state index < -0.39 is 5.82 Å². The Morgan fingerprint density at radius 3 is 2.29 bits per heavy atom. The fourth-order valence-electron chi connectivity index (χ4n) is 2.63. The van der Waals surface area contributed by atoms with Gasteiger partial charge in [-0.1, -0.05) is 78.6 Å². The molecule has 0 heterocycles. The van der Waals surface area contributed by atoms with Crippen molar-refractivity contribution in [2.24, 2.45) is 0 Å². The van der Waals surface area contributed by atoms with Crippen molar-refractivity contribution in [2.75, 3.05) is 13.2 Å². The number of ether oxygens (including phenoxy) is 1. The fourth-order valence-corrected chi connectivity index (χ4v) is 2.63. The SMILES string of the molecule is O=C(Cc1ccc(-c2ccccc2)cc1)NCC#CCOc1ccccc1F. The van der Waals surface area contributed by atoms with E-state index in [-0.39, 0.29) is 24.8 Å². The summed E-state index contributed by atoms with van der Waals surface area (Å²) in [5.41, 5.74) is 3.20. The van der Waals surface area contributed by atoms with Crippen molar-refractivity contribution in [1.82, 2.24) is 5.32 Å². The van der Waals surface area contributed by atoms with Crippen molar-refractivity contribution in [3.63, 3.8) is 0 Å². The lowest BCUT2D eigenvalue weighted by Gasteiger charge is -2.05. The number of carbonyl (C=O) groups is 1. The lowest BCUT2D eigenvalue weighted by molar-refractivity contribution is -0.120. The minimum atomic E-state index is -0.420. The summed E-state index contributed by atoms with van der Waals surface area (Å²) < 4.78 is 18.6. The molecular weight excluding hydrogens is 353 g/mol. The molecular formula is C24H20FNO2. The van der Waals surface area contributed by atoms with Crippen molar-refractivity contribution in [3.05, 3.63) is 90.2 Å². The van der Waals surface area contributed by atoms with Crippen LogP contribution in [0.2, 0.25) is 0 Å². The first kappa shape index (κ1) is 19.2. The third-order valence-corrected chi connectivity index (χ3v) is 4.06. The van der Waals surface area contributed by atoms with Crippen LogP contribution in [0.25, 0.3) is 11.1 Å². The van der Waals surface area contributed by atoms with Gasteiger partial charge in [-0.25, -0.2) is 4.39 Å². The molecule has 0 spiro atoms. The van der Waals surface area contributed by atoms with Gasteiger partial charge in [0.05, 0.1) is 13.0 Å². The molecule has 0 aliphatic heterocycles. The zero-order valence-corrected chi connectivity index (χ0v) is 15.3. The zero-order chi connectivity index (χ0) is 19.6. The molecule has 0 unspecified atom stereocenters. The zero-order valence-electron chi connectivity index (χ0n) is 15.3. The van der Waals surface area contributed by atoms with E-state index in [1.54, 1.807) is 18.2 Å². The van der Waals surface area contributed by atoms with Crippen molar-refractivity contribution in [2.45, 2.75) is 6.42 Å². The lowest BCUT2D eigenvalue weighted by Crippen LogP contribution is -2.25. The first-order valence-electron chi connectivity index (χ1n) is 8.96. The van der Waals surface area contributed by atoms with Crippen LogP contribution >= 0.6 is 0 Å². The Morgan fingerprint density at radius 1 is 0.857 bits per heavy atom. The molecule has 3 aromatic rings. The number of amides is 1. The van der Waals surface area contributed by atoms with Crippen LogP contribution in [0.4, 0.5) is 4.39 Å². The van der Waals surface area contributed by atoms with Crippen LogP contribution in [0.3, 0.4) is 0 Å². The van der Waals surface area contributed by atoms with Crippen LogP contribution < -0.4 is 10.1 Å². The van der Waals surface area contributed by atoms with Gasteiger partial charge >= 0.3 is 0 Å². The second-order valence-electron chi connectivity index (χ2n) is 6.09. The molecule has 3 nitrogen and oxygen atoms in total. The Kier molecular flexibility index (Phi) is 6.81. The normalized spacial score (nSPS) is 9.89. The summed E-state index contributed by atoms with van der Waals surface area (Å²) in [4.78, 5) is 12.0. The van der Waals surface area contributed by atoms with E-state index in [9.17, 15) is 9.18 Å². The molecule has 140 valence electrons. The van der Waals surface area contributed by atoms with Gasteiger partial charge in [-0.3, -0.25) is 4.79 Å². The number of benzene rings is 3. The van der Waals surface area contributed by atoms with Gasteiger partial charge in [0.15, 0.2) is 11.6 Å². The maximum Gasteiger partial charge on any atom is 0.225 e. The molecule has 1 amide bonds. The molecule has 0 aliphatic carbocycles. The highest BCUT2D eigenvalue weighted by Gasteiger charge is 2.03. The van der Waals surface area contributed by atoms with Gasteiger partial charge in [0, 0.05) is 0 Å². The largest absolute Gasteiger partial charge is 0.478 e. The molecule has 0 atom stereocenters. The molecule has 3 aromatic carbocycles. The third kappa shape index (κ3) is 5.72. The van der Waals surface area contributed by atoms with Crippen LogP contribution in [-0.2, 0) is 11.2 Å². The van der Waals surface area contributed by atoms with E-state index in [0.29, 0.717) is 6.42 Å². The number of halogens is 1. The smallest absolute Gasteiger partial charge is 0.225 e. The topological polar surface area (TPSA) is 38.3 Å². The molecule has 0 bridgehead atoms. The summed E-state index contributed by atoms with van der Waals surface area (Å²) in [7, 11) is 0. The molecule has 0 aromatic heterocycles. The van der Waals surface area contributed by atoms with E-state index in [1.165, 1.54) is 6.07 Å². The minimum Gasteiger partial charge on any atom is -0.478 e. The van der Waals surface area contributed by atoms with Gasteiger partial charge < -0.3 is 10.1 Å². The van der Waals surface area contributed by atoms with Crippen molar-refractivity contribution < 1.29 is 13.9 Å². The predicted molar refractivity (Wildman–Crippen MR) is 108 cm³/mol. The van der Waals surface area contributed by atoms with E-state index >= 15 is 0 Å². The fraction of sp³-hybridized carbons (Fsp3) is 0.125. The first-order chi connectivity index (χ1) is 13.7. The van der Waals surface area contributed by atoms with Crippen molar-refractivity contribution >= 4 is 5.91 Å². The van der Waals surface area contributed by atoms with Gasteiger partial charge in [-0.15, -0.1) is 0 Å². The predicted octanol–water partition coefficient (Wildman–Crippen LogP) is 4.23. The number of hydrogen-bond acceptors (Lipinski definition) is 2. The van der Waals surface area contributed by atoms with Crippen molar-refractivity contribution in [1.29, 1.82) is 0 Å². The number of hydrogen-bond donors (Lipinski definition) is 1. The molecule has 3 rings (SSSR count). The Morgan fingerprint density at radius 2 is 1.54 bits per heavy atom. The summed E-state index contributed by atoms with van der Waals surface area (Å²) >= 11 is 0. The molecule has 28 heavy (non-hydrogen) atoms. The second-order valence-corrected chi connectivity index (χ2v) is 6.09. The van der Waals surface area contributed by atoms with E-state index in [1.807, 2.05) is 42.5 Å². The summed E-state index contributed by atoms with van der Waals surface area (Å²) in [5, 5.41) is 2.75. The Balaban J connectivity index is 1.41. The minimum absolute atomic E-state index is 0.0672. The second kappa shape index (κ2) is 9.94. The summed E-state index contributed by atoms with van der Waals surface area (Å²) in [6, 6.07) is 24.2. The number of para-hydroxylation sites is 1. The van der Waals surface area contributed by atoms with Crippen LogP contribution in [0, 0.1) is 17.7 Å². The highest BCUT2D eigenvalue weighted by molar-refractivity contribution is 5.79. The molecule has 1 N–H and O–H groups in total. The quantitative estimate of drug-likeness (QED) is 0.657. The van der Waals surface area contributed by atoms with Gasteiger partial charge in [-0.05, 0) is 28.8 Å². The van der Waals surface area contributed by atoms with Crippen LogP contribution in [0.1, 0.15) is 5.56 Å². The number of rotatable bonds is 6. The standard InChI is InChI=1S/C24H20FNO2/c25-22-10-4-5-11-23(22)28-17-7-6-16-26-24(27)18-19-12-14-21(15-13-19)20-8-2-1-3-9-20/h1-5,8-15H,16-18H2,(H,26,27). The average Bonchev–Trinajstić information content (AvgIpc) is 2.73. The van der Waals surface area contributed by atoms with E-state index in [2.05, 4.69) is 29.3 Å². The van der Waals surface area contributed by atoms with Crippen LogP contribution in [-0.4, -0.2) is 19.1 Å². The Bertz CT molecular complexity index is 973. The Hall–Kier alpha value is -3.58. The van der Waals surface area contributed by atoms with Gasteiger partial charge in [-0.2, -0.15) is 0 Å². The van der Waals surface area contributed by atoms with Crippen molar-refractivity contribution in [3.8, 4) is 28.7 Å². The maximum absolute atomic E-state index is 13.4. The van der Waals surface area contributed by atoms with Gasteiger partial charge in [0.2, 0.25) is 5.91 Å². The molecule has 0 saturated carbocycles. The average molecular weight is 373 g/mol. The van der Waals surface area contributed by atoms with Crippen LogP contribution in [0.5, 0.6) is 5.75 Å². The van der Waals surface area contributed by atoms with E-state index in [4.69, 9.17) is 4.74 Å². The molecule has 0 radical (unpaired) electrons. The molecule has 0 fully saturated rings. The maximum atomic E-state index is 13.4. The third-order valence-electron chi connectivity index (χ3n) is 4.06. The highest BCUT2D eigenvalue weighted by atomic mass is 19.1. The molecule has 0 saturated heterocycles. The summed E-state index contributed by atoms with van der Waals surface area (Å²) in [6.07, 6.45) is 0.294. The first-order valence-corrected chi connectivity index (χ1v) is 8.96. The van der Waals surface area contributed by atoms with Gasteiger partial charge in [0.25, 0.3) is 0 Å². The monoisotopic (exact) mass is 373 g/mol. The van der Waals surface area contributed by atoms with E-state index in [0.717, 1.165) is 16.7 Å². The molecule has 4 heteroatoms.